The molecule has 0 atom stereocenters. The lowest BCUT2D eigenvalue weighted by Crippen LogP contribution is -2.05. The van der Waals surface area contributed by atoms with Gasteiger partial charge in [-0.1, -0.05) is 21.6 Å². The van der Waals surface area contributed by atoms with Crippen LogP contribution in [0.1, 0.15) is 6.92 Å². The van der Waals surface area contributed by atoms with Gasteiger partial charge in [-0.2, -0.15) is 0 Å². The number of carbonyl (C=O) groups is 1. The van der Waals surface area contributed by atoms with Crippen LogP contribution in [0.25, 0.3) is 0 Å². The van der Waals surface area contributed by atoms with Gasteiger partial charge < -0.3 is 10.1 Å². The molecule has 0 radical (unpaired) electrons. The van der Waals surface area contributed by atoms with Crippen LogP contribution in [0.2, 0.25) is 0 Å². The third-order valence-corrected chi connectivity index (χ3v) is 4.89. The molecular weight excluding hydrogens is 290 g/mol. The second kappa shape index (κ2) is 7.26. The van der Waals surface area contributed by atoms with Gasteiger partial charge in [-0.05, 0) is 48.5 Å². The van der Waals surface area contributed by atoms with E-state index >= 15 is 0 Å². The molecular formula is C15H15NO2S2. The number of amides is 1. The Labute approximate surface area is 126 Å². The zero-order chi connectivity index (χ0) is 14.4. The normalized spacial score (nSPS) is 10.1. The lowest BCUT2D eigenvalue weighted by Gasteiger charge is -2.05. The van der Waals surface area contributed by atoms with E-state index in [9.17, 15) is 4.79 Å². The molecule has 0 aliphatic heterocycles. The van der Waals surface area contributed by atoms with Crippen LogP contribution in [0.5, 0.6) is 5.75 Å². The summed E-state index contributed by atoms with van der Waals surface area (Å²) in [6.07, 6.45) is 0. The van der Waals surface area contributed by atoms with E-state index in [2.05, 4.69) is 5.32 Å². The molecule has 0 heterocycles. The number of hydrogen-bond acceptors (Lipinski definition) is 4. The highest BCUT2D eigenvalue weighted by Gasteiger charge is 2.00. The number of ether oxygens (including phenoxy) is 1. The van der Waals surface area contributed by atoms with Crippen LogP contribution in [0, 0.1) is 0 Å². The monoisotopic (exact) mass is 305 g/mol. The molecule has 5 heteroatoms. The summed E-state index contributed by atoms with van der Waals surface area (Å²) in [4.78, 5) is 13.2. The van der Waals surface area contributed by atoms with Crippen molar-refractivity contribution in [1.82, 2.24) is 0 Å². The highest BCUT2D eigenvalue weighted by Crippen LogP contribution is 2.38. The van der Waals surface area contributed by atoms with Crippen LogP contribution >= 0.6 is 21.6 Å². The van der Waals surface area contributed by atoms with E-state index in [4.69, 9.17) is 4.74 Å². The Morgan fingerprint density at radius 2 is 1.45 bits per heavy atom. The molecule has 2 aromatic carbocycles. The first-order chi connectivity index (χ1) is 9.67. The Kier molecular flexibility index (Phi) is 5.38. The van der Waals surface area contributed by atoms with Gasteiger partial charge in [0.1, 0.15) is 5.75 Å². The number of methoxy groups -OCH3 is 1. The van der Waals surface area contributed by atoms with Crippen LogP contribution in [0.15, 0.2) is 58.3 Å². The molecule has 0 saturated carbocycles. The van der Waals surface area contributed by atoms with Crippen LogP contribution in [0.3, 0.4) is 0 Å². The van der Waals surface area contributed by atoms with Crippen molar-refractivity contribution in [3.05, 3.63) is 48.5 Å². The minimum atomic E-state index is -0.0574. The van der Waals surface area contributed by atoms with Gasteiger partial charge in [0.15, 0.2) is 0 Å². The summed E-state index contributed by atoms with van der Waals surface area (Å²) in [6.45, 7) is 1.50. The van der Waals surface area contributed by atoms with E-state index < -0.39 is 0 Å². The topological polar surface area (TPSA) is 38.3 Å². The predicted octanol–water partition coefficient (Wildman–Crippen LogP) is 4.45. The van der Waals surface area contributed by atoms with E-state index in [1.165, 1.54) is 11.8 Å². The second-order valence-electron chi connectivity index (χ2n) is 4.05. The molecule has 0 fully saturated rings. The van der Waals surface area contributed by atoms with Gasteiger partial charge in [-0.3, -0.25) is 4.79 Å². The molecule has 104 valence electrons. The van der Waals surface area contributed by atoms with Gasteiger partial charge in [0.2, 0.25) is 5.91 Å². The first kappa shape index (κ1) is 14.8. The van der Waals surface area contributed by atoms with Crippen molar-refractivity contribution in [2.45, 2.75) is 16.7 Å². The molecule has 1 N–H and O–H groups in total. The van der Waals surface area contributed by atoms with Crippen molar-refractivity contribution in [3.8, 4) is 5.75 Å². The molecule has 3 nitrogen and oxygen atoms in total. The van der Waals surface area contributed by atoms with Gasteiger partial charge in [-0.25, -0.2) is 0 Å². The quantitative estimate of drug-likeness (QED) is 0.828. The Morgan fingerprint density at radius 1 is 0.950 bits per heavy atom. The Bertz CT molecular complexity index is 567. The summed E-state index contributed by atoms with van der Waals surface area (Å²) in [6, 6.07) is 15.7. The van der Waals surface area contributed by atoms with Crippen molar-refractivity contribution >= 4 is 33.2 Å². The summed E-state index contributed by atoms with van der Waals surface area (Å²) in [7, 11) is 5.02. The highest BCUT2D eigenvalue weighted by molar-refractivity contribution is 8.76. The van der Waals surface area contributed by atoms with Gasteiger partial charge in [0, 0.05) is 22.4 Å². The van der Waals surface area contributed by atoms with Gasteiger partial charge >= 0.3 is 0 Å². The number of nitrogens with one attached hydrogen (secondary N) is 1. The number of rotatable bonds is 5. The van der Waals surface area contributed by atoms with E-state index in [1.807, 2.05) is 48.5 Å². The first-order valence-corrected chi connectivity index (χ1v) is 8.18. The average Bonchev–Trinajstić information content (AvgIpc) is 2.46. The fourth-order valence-electron chi connectivity index (χ4n) is 1.52. The van der Waals surface area contributed by atoms with Crippen molar-refractivity contribution < 1.29 is 9.53 Å². The number of anilines is 1. The maximum absolute atomic E-state index is 10.9. The van der Waals surface area contributed by atoms with Crippen LogP contribution in [-0.2, 0) is 4.79 Å². The third kappa shape index (κ3) is 4.51. The fourth-order valence-corrected chi connectivity index (χ4v) is 3.46. The van der Waals surface area contributed by atoms with Crippen molar-refractivity contribution in [2.24, 2.45) is 0 Å². The Hall–Kier alpha value is -1.59. The van der Waals surface area contributed by atoms with E-state index in [-0.39, 0.29) is 5.91 Å². The first-order valence-electron chi connectivity index (χ1n) is 6.03. The summed E-state index contributed by atoms with van der Waals surface area (Å²) >= 11 is 0. The third-order valence-electron chi connectivity index (χ3n) is 2.47. The lowest BCUT2D eigenvalue weighted by molar-refractivity contribution is -0.114. The second-order valence-corrected chi connectivity index (χ2v) is 6.32. The van der Waals surface area contributed by atoms with Gasteiger partial charge in [0.25, 0.3) is 0 Å². The smallest absolute Gasteiger partial charge is 0.221 e. The molecule has 20 heavy (non-hydrogen) atoms. The fraction of sp³-hybridized carbons (Fsp3) is 0.133. The zero-order valence-corrected chi connectivity index (χ0v) is 12.9. The zero-order valence-electron chi connectivity index (χ0n) is 11.3. The molecule has 2 aromatic rings. The molecule has 0 aliphatic rings. The predicted molar refractivity (Wildman–Crippen MR) is 85.5 cm³/mol. The molecule has 0 saturated heterocycles. The summed E-state index contributed by atoms with van der Waals surface area (Å²) < 4.78 is 5.13. The largest absolute Gasteiger partial charge is 0.497 e. The molecule has 0 spiro atoms. The molecule has 0 aromatic heterocycles. The molecule has 0 unspecified atom stereocenters. The van der Waals surface area contributed by atoms with E-state index in [1.54, 1.807) is 28.7 Å². The SMILES string of the molecule is COc1ccc(SSc2ccc(NC(C)=O)cc2)cc1. The van der Waals surface area contributed by atoms with Gasteiger partial charge in [-0.15, -0.1) is 0 Å². The number of benzene rings is 2. The van der Waals surface area contributed by atoms with Crippen LogP contribution in [0.4, 0.5) is 5.69 Å². The Balaban J connectivity index is 1.91. The van der Waals surface area contributed by atoms with Crippen molar-refractivity contribution in [3.63, 3.8) is 0 Å². The average molecular weight is 305 g/mol. The highest BCUT2D eigenvalue weighted by atomic mass is 33.1. The molecule has 0 bridgehead atoms. The van der Waals surface area contributed by atoms with E-state index in [0.717, 1.165) is 16.3 Å². The summed E-state index contributed by atoms with van der Waals surface area (Å²) in [5.74, 6) is 0.803. The van der Waals surface area contributed by atoms with E-state index in [0.29, 0.717) is 0 Å². The number of carbonyl (C=O) groups excluding carboxylic acids is 1. The molecule has 0 aliphatic carbocycles. The number of hydrogen-bond donors (Lipinski definition) is 1. The minimum Gasteiger partial charge on any atom is -0.497 e. The molecule has 2 rings (SSSR count). The summed E-state index contributed by atoms with van der Waals surface area (Å²) in [5.41, 5.74) is 0.816. The minimum absolute atomic E-state index is 0.0574. The van der Waals surface area contributed by atoms with Crippen molar-refractivity contribution in [2.75, 3.05) is 12.4 Å². The van der Waals surface area contributed by atoms with Crippen LogP contribution < -0.4 is 10.1 Å². The van der Waals surface area contributed by atoms with Crippen molar-refractivity contribution in [1.29, 1.82) is 0 Å². The molecule has 1 amide bonds. The lowest BCUT2D eigenvalue weighted by atomic mass is 10.3. The van der Waals surface area contributed by atoms with Crippen LogP contribution in [-0.4, -0.2) is 13.0 Å². The standard InChI is InChI=1S/C15H15NO2S2/c1-11(17)16-12-3-7-14(8-4-12)19-20-15-9-5-13(18-2)6-10-15/h3-10H,1-2H3,(H,16,17). The van der Waals surface area contributed by atoms with Gasteiger partial charge in [0.05, 0.1) is 7.11 Å². The maximum atomic E-state index is 10.9. The summed E-state index contributed by atoms with van der Waals surface area (Å²) in [5, 5.41) is 2.75. The Morgan fingerprint density at radius 3 is 1.90 bits per heavy atom. The maximum Gasteiger partial charge on any atom is 0.221 e.